The van der Waals surface area contributed by atoms with Gasteiger partial charge in [0.05, 0.1) is 9.82 Å². The first-order valence-electron chi connectivity index (χ1n) is 7.54. The molecular weight excluding hydrogens is 398 g/mol. The first-order chi connectivity index (χ1) is 13.2. The van der Waals surface area contributed by atoms with E-state index in [1.807, 2.05) is 4.72 Å². The molecule has 0 aliphatic rings. The lowest BCUT2D eigenvalue weighted by Crippen LogP contribution is -2.32. The van der Waals surface area contributed by atoms with Gasteiger partial charge in [-0.15, -0.1) is 0 Å². The SMILES string of the molecule is CNc1ccc(S(=O)(=O)NCC(=O)OCC(=O)Nc2ccon2)cc1[N+](=O)[O-]. The van der Waals surface area contributed by atoms with Crippen LogP contribution < -0.4 is 15.4 Å². The molecule has 0 aliphatic heterocycles. The van der Waals surface area contributed by atoms with Gasteiger partial charge in [-0.1, -0.05) is 5.16 Å². The van der Waals surface area contributed by atoms with Crippen molar-refractivity contribution in [3.05, 3.63) is 40.6 Å². The number of hydrogen-bond donors (Lipinski definition) is 3. The normalized spacial score (nSPS) is 10.9. The van der Waals surface area contributed by atoms with Crippen molar-refractivity contribution in [1.29, 1.82) is 0 Å². The van der Waals surface area contributed by atoms with Crippen molar-refractivity contribution in [2.45, 2.75) is 4.90 Å². The Morgan fingerprint density at radius 3 is 2.68 bits per heavy atom. The van der Waals surface area contributed by atoms with Crippen molar-refractivity contribution >= 4 is 39.1 Å². The molecule has 1 aromatic heterocycles. The Labute approximate surface area is 158 Å². The number of nitro benzene ring substituents is 1. The minimum atomic E-state index is -4.22. The van der Waals surface area contributed by atoms with Gasteiger partial charge in [-0.05, 0) is 12.1 Å². The van der Waals surface area contributed by atoms with Gasteiger partial charge >= 0.3 is 5.97 Å². The number of aromatic nitrogens is 1. The molecule has 0 spiro atoms. The number of benzene rings is 1. The van der Waals surface area contributed by atoms with E-state index in [9.17, 15) is 28.1 Å². The van der Waals surface area contributed by atoms with Gasteiger partial charge in [-0.3, -0.25) is 19.7 Å². The zero-order valence-electron chi connectivity index (χ0n) is 14.4. The smallest absolute Gasteiger partial charge is 0.321 e. The third-order valence-electron chi connectivity index (χ3n) is 3.22. The Bertz CT molecular complexity index is 974. The maximum absolute atomic E-state index is 12.2. The first-order valence-corrected chi connectivity index (χ1v) is 9.03. The molecule has 0 atom stereocenters. The molecule has 150 valence electrons. The van der Waals surface area contributed by atoms with Gasteiger partial charge in [0.2, 0.25) is 10.0 Å². The number of carbonyl (C=O) groups excluding carboxylic acids is 2. The molecule has 0 bridgehead atoms. The van der Waals surface area contributed by atoms with Crippen LogP contribution in [0.25, 0.3) is 0 Å². The second-order valence-electron chi connectivity index (χ2n) is 5.10. The monoisotopic (exact) mass is 413 g/mol. The molecule has 1 aromatic carbocycles. The molecule has 0 unspecified atom stereocenters. The van der Waals surface area contributed by atoms with Gasteiger partial charge < -0.3 is 19.9 Å². The number of amides is 1. The van der Waals surface area contributed by atoms with Crippen molar-refractivity contribution in [3.8, 4) is 0 Å². The number of nitro groups is 1. The van der Waals surface area contributed by atoms with Gasteiger partial charge in [0, 0.05) is 19.2 Å². The summed E-state index contributed by atoms with van der Waals surface area (Å²) in [6, 6.07) is 4.58. The van der Waals surface area contributed by atoms with Crippen LogP contribution in [0, 0.1) is 10.1 Å². The van der Waals surface area contributed by atoms with Crippen LogP contribution in [-0.2, 0) is 24.3 Å². The Balaban J connectivity index is 1.91. The van der Waals surface area contributed by atoms with Crippen LogP contribution in [0.4, 0.5) is 17.2 Å². The number of sulfonamides is 1. The van der Waals surface area contributed by atoms with Gasteiger partial charge in [0.1, 0.15) is 18.5 Å². The number of nitrogens with zero attached hydrogens (tertiary/aromatic N) is 2. The van der Waals surface area contributed by atoms with Gasteiger partial charge in [-0.25, -0.2) is 8.42 Å². The van der Waals surface area contributed by atoms with Crippen LogP contribution in [0.2, 0.25) is 0 Å². The number of carbonyl (C=O) groups is 2. The summed E-state index contributed by atoms with van der Waals surface area (Å²) in [5.74, 6) is -1.61. The van der Waals surface area contributed by atoms with Crippen molar-refractivity contribution in [1.82, 2.24) is 9.88 Å². The van der Waals surface area contributed by atoms with Gasteiger partial charge in [-0.2, -0.15) is 4.72 Å². The molecule has 1 heterocycles. The molecule has 2 aromatic rings. The van der Waals surface area contributed by atoms with E-state index in [-0.39, 0.29) is 11.5 Å². The maximum atomic E-state index is 12.2. The first kappa shape index (κ1) is 20.8. The van der Waals surface area contributed by atoms with Crippen LogP contribution in [0.5, 0.6) is 0 Å². The number of rotatable bonds is 9. The highest BCUT2D eigenvalue weighted by Crippen LogP contribution is 2.26. The molecule has 0 radical (unpaired) electrons. The molecule has 28 heavy (non-hydrogen) atoms. The van der Waals surface area contributed by atoms with Crippen molar-refractivity contribution in [2.75, 3.05) is 30.8 Å². The fourth-order valence-corrected chi connectivity index (χ4v) is 2.92. The lowest BCUT2D eigenvalue weighted by molar-refractivity contribution is -0.384. The second-order valence-corrected chi connectivity index (χ2v) is 6.87. The summed E-state index contributed by atoms with van der Waals surface area (Å²) in [6.07, 6.45) is 1.23. The van der Waals surface area contributed by atoms with E-state index in [0.717, 1.165) is 12.1 Å². The molecule has 1 amide bonds. The van der Waals surface area contributed by atoms with Crippen LogP contribution in [0.1, 0.15) is 0 Å². The van der Waals surface area contributed by atoms with E-state index in [0.29, 0.717) is 0 Å². The number of hydrogen-bond acceptors (Lipinski definition) is 10. The van der Waals surface area contributed by atoms with Crippen molar-refractivity contribution in [2.24, 2.45) is 0 Å². The Morgan fingerprint density at radius 2 is 2.07 bits per heavy atom. The number of ether oxygens (including phenoxy) is 1. The van der Waals surface area contributed by atoms with Crippen LogP contribution >= 0.6 is 0 Å². The largest absolute Gasteiger partial charge is 0.455 e. The number of anilines is 2. The fraction of sp³-hybridized carbons (Fsp3) is 0.214. The summed E-state index contributed by atoms with van der Waals surface area (Å²) in [5.41, 5.74) is -0.320. The summed E-state index contributed by atoms with van der Waals surface area (Å²) < 4.78 is 35.5. The van der Waals surface area contributed by atoms with E-state index in [1.54, 1.807) is 0 Å². The second kappa shape index (κ2) is 8.92. The van der Waals surface area contributed by atoms with Gasteiger partial charge in [0.25, 0.3) is 11.6 Å². The van der Waals surface area contributed by atoms with Crippen molar-refractivity contribution < 1.29 is 32.2 Å². The van der Waals surface area contributed by atoms with E-state index in [1.165, 1.54) is 25.4 Å². The molecule has 14 heteroatoms. The molecule has 0 aliphatic carbocycles. The third-order valence-corrected chi connectivity index (χ3v) is 4.62. The highest BCUT2D eigenvalue weighted by atomic mass is 32.2. The average Bonchev–Trinajstić information content (AvgIpc) is 3.17. The minimum Gasteiger partial charge on any atom is -0.455 e. The zero-order valence-corrected chi connectivity index (χ0v) is 15.2. The van der Waals surface area contributed by atoms with Crippen LogP contribution in [0.15, 0.2) is 39.9 Å². The van der Waals surface area contributed by atoms with E-state index in [2.05, 4.69) is 25.1 Å². The van der Waals surface area contributed by atoms with Crippen molar-refractivity contribution in [3.63, 3.8) is 0 Å². The highest BCUT2D eigenvalue weighted by Gasteiger charge is 2.22. The van der Waals surface area contributed by atoms with Gasteiger partial charge in [0.15, 0.2) is 12.4 Å². The Morgan fingerprint density at radius 1 is 1.32 bits per heavy atom. The van der Waals surface area contributed by atoms with E-state index >= 15 is 0 Å². The summed E-state index contributed by atoms with van der Waals surface area (Å²) in [7, 11) is -2.77. The maximum Gasteiger partial charge on any atom is 0.321 e. The predicted octanol–water partition coefficient (Wildman–Crippen LogP) is 0.0847. The highest BCUT2D eigenvalue weighted by molar-refractivity contribution is 7.89. The minimum absolute atomic E-state index is 0.119. The molecule has 0 saturated heterocycles. The average molecular weight is 413 g/mol. The quantitative estimate of drug-likeness (QED) is 0.289. The fourth-order valence-electron chi connectivity index (χ4n) is 1.93. The molecule has 13 nitrogen and oxygen atoms in total. The predicted molar refractivity (Wildman–Crippen MR) is 93.9 cm³/mol. The lowest BCUT2D eigenvalue weighted by atomic mass is 10.3. The molecule has 2 rings (SSSR count). The molecular formula is C14H15N5O8S. The molecule has 3 N–H and O–H groups in total. The Hall–Kier alpha value is -3.52. The number of esters is 1. The Kier molecular flexibility index (Phi) is 6.62. The summed E-state index contributed by atoms with van der Waals surface area (Å²) in [5, 5.41) is 19.3. The summed E-state index contributed by atoms with van der Waals surface area (Å²) in [4.78, 5) is 33.0. The van der Waals surface area contributed by atoms with Crippen LogP contribution in [0.3, 0.4) is 0 Å². The zero-order chi connectivity index (χ0) is 20.7. The number of nitrogens with one attached hydrogen (secondary N) is 3. The molecule has 0 fully saturated rings. The summed E-state index contributed by atoms with van der Waals surface area (Å²) >= 11 is 0. The van der Waals surface area contributed by atoms with E-state index in [4.69, 9.17) is 0 Å². The summed E-state index contributed by atoms with van der Waals surface area (Å²) in [6.45, 7) is -1.45. The topological polar surface area (TPSA) is 183 Å². The third kappa shape index (κ3) is 5.49. The van der Waals surface area contributed by atoms with Crippen LogP contribution in [-0.4, -0.2) is 50.6 Å². The van der Waals surface area contributed by atoms with E-state index < -0.39 is 50.6 Å². The lowest BCUT2D eigenvalue weighted by Gasteiger charge is -2.08. The molecule has 0 saturated carbocycles. The standard InChI is InChI=1S/C14H15N5O8S/c1-15-10-3-2-9(6-11(10)19(22)23)28(24,25)16-7-14(21)26-8-13(20)17-12-4-5-27-18-12/h2-6,15-16H,7-8H2,1H3,(H,17,18,20).